The van der Waals surface area contributed by atoms with Crippen LogP contribution in [0.25, 0.3) is 10.8 Å². The number of azo groups is 1. The van der Waals surface area contributed by atoms with Gasteiger partial charge in [0, 0.05) is 17.1 Å². The number of carbonyl (C=O) groups is 1. The average molecular weight is 526 g/mol. The number of hydrogen-bond donors (Lipinski definition) is 3. The fourth-order valence-electron chi connectivity index (χ4n) is 3.56. The Labute approximate surface area is 211 Å². The van der Waals surface area contributed by atoms with Crippen molar-refractivity contribution >= 4 is 55.5 Å². The van der Waals surface area contributed by atoms with E-state index in [9.17, 15) is 22.9 Å². The van der Waals surface area contributed by atoms with Crippen molar-refractivity contribution in [3.63, 3.8) is 0 Å². The smallest absolute Gasteiger partial charge is 0.296 e. The molecule has 0 bridgehead atoms. The molecule has 0 aromatic heterocycles. The first kappa shape index (κ1) is 25.1. The summed E-state index contributed by atoms with van der Waals surface area (Å²) in [5, 5.41) is 22.7. The molecule has 3 N–H and O–H groups in total. The molecule has 0 unspecified atom stereocenters. The molecule has 4 aromatic carbocycles. The highest BCUT2D eigenvalue weighted by atomic mass is 35.5. The van der Waals surface area contributed by atoms with Gasteiger partial charge >= 0.3 is 0 Å². The van der Waals surface area contributed by atoms with Crippen molar-refractivity contribution in [1.29, 1.82) is 0 Å². The highest BCUT2D eigenvalue weighted by Gasteiger charge is 2.21. The number of anilines is 1. The normalized spacial score (nSPS) is 11.7. The molecule has 0 atom stereocenters. The molecule has 0 aliphatic heterocycles. The second kappa shape index (κ2) is 9.94. The van der Waals surface area contributed by atoms with E-state index in [1.165, 1.54) is 19.2 Å². The van der Waals surface area contributed by atoms with Gasteiger partial charge in [0.1, 0.15) is 22.0 Å². The number of halogens is 1. The van der Waals surface area contributed by atoms with Crippen LogP contribution < -0.4 is 10.1 Å². The van der Waals surface area contributed by atoms with Crippen molar-refractivity contribution in [2.45, 2.75) is 11.8 Å². The minimum absolute atomic E-state index is 0.0125. The summed E-state index contributed by atoms with van der Waals surface area (Å²) in [6.45, 7) is 1.63. The number of aromatic hydroxyl groups is 1. The molecular weight excluding hydrogens is 506 g/mol. The molecule has 0 spiro atoms. The lowest BCUT2D eigenvalue weighted by molar-refractivity contribution is 0.102. The van der Waals surface area contributed by atoms with E-state index in [4.69, 9.17) is 16.3 Å². The van der Waals surface area contributed by atoms with E-state index in [1.54, 1.807) is 55.5 Å². The van der Waals surface area contributed by atoms with Gasteiger partial charge in [-0.25, -0.2) is 0 Å². The molecule has 9 nitrogen and oxygen atoms in total. The van der Waals surface area contributed by atoms with Crippen LogP contribution in [0, 0.1) is 6.92 Å². The summed E-state index contributed by atoms with van der Waals surface area (Å²) in [4.78, 5) is 12.5. The molecule has 0 saturated carbocycles. The predicted octanol–water partition coefficient (Wildman–Crippen LogP) is 6.43. The standard InChI is InChI=1S/C25H20ClN3O6S/c1-14-10-11-20(36(32,33)34)21(26)22(14)28-29-23-18-9-4-3-6-15(18)12-19(24(23)30)25(31)27-16-7-5-8-17(13-16)35-2/h3-13,30H,1-2H3,(H,27,31)(H,32,33,34). The molecule has 0 heterocycles. The maximum absolute atomic E-state index is 13.1. The number of methoxy groups -OCH3 is 1. The van der Waals surface area contributed by atoms with E-state index in [1.807, 2.05) is 0 Å². The highest BCUT2D eigenvalue weighted by molar-refractivity contribution is 7.86. The number of hydrogen-bond acceptors (Lipinski definition) is 7. The quantitative estimate of drug-likeness (QED) is 0.196. The molecule has 0 saturated heterocycles. The molecule has 11 heteroatoms. The van der Waals surface area contributed by atoms with Crippen LogP contribution in [-0.2, 0) is 10.1 Å². The Hall–Kier alpha value is -3.99. The van der Waals surface area contributed by atoms with E-state index in [0.29, 0.717) is 27.8 Å². The Balaban J connectivity index is 1.82. The molecule has 0 fully saturated rings. The number of phenols is 1. The van der Waals surface area contributed by atoms with Crippen molar-refractivity contribution in [3.05, 3.63) is 82.9 Å². The number of fused-ring (bicyclic) bond motifs is 1. The minimum atomic E-state index is -4.60. The molecule has 1 amide bonds. The SMILES string of the molecule is COc1cccc(NC(=O)c2cc3ccccc3c(N=Nc3c(C)ccc(S(=O)(=O)O)c3Cl)c2O)c1. The highest BCUT2D eigenvalue weighted by Crippen LogP contribution is 2.41. The Morgan fingerprint density at radius 3 is 2.44 bits per heavy atom. The summed E-state index contributed by atoms with van der Waals surface area (Å²) in [6.07, 6.45) is 0. The summed E-state index contributed by atoms with van der Waals surface area (Å²) in [6, 6.07) is 17.8. The van der Waals surface area contributed by atoms with Crippen LogP contribution in [0.4, 0.5) is 17.1 Å². The molecule has 36 heavy (non-hydrogen) atoms. The lowest BCUT2D eigenvalue weighted by Gasteiger charge is -2.12. The number of amides is 1. The summed E-state index contributed by atoms with van der Waals surface area (Å²) < 4.78 is 37.9. The molecule has 4 aromatic rings. The number of ether oxygens (including phenoxy) is 1. The van der Waals surface area contributed by atoms with E-state index in [-0.39, 0.29) is 22.0 Å². The van der Waals surface area contributed by atoms with Gasteiger partial charge in [-0.15, -0.1) is 10.2 Å². The van der Waals surface area contributed by atoms with Crippen molar-refractivity contribution in [3.8, 4) is 11.5 Å². The largest absolute Gasteiger partial charge is 0.505 e. The third-order valence-corrected chi connectivity index (χ3v) is 6.77. The first-order chi connectivity index (χ1) is 17.1. The summed E-state index contributed by atoms with van der Waals surface area (Å²) in [7, 11) is -3.09. The van der Waals surface area contributed by atoms with Crippen LogP contribution in [0.3, 0.4) is 0 Å². The fourth-order valence-corrected chi connectivity index (χ4v) is 4.66. The Morgan fingerprint density at radius 1 is 1.00 bits per heavy atom. The van der Waals surface area contributed by atoms with Crippen LogP contribution in [0.15, 0.2) is 81.9 Å². The van der Waals surface area contributed by atoms with Gasteiger partial charge in [0.15, 0.2) is 5.75 Å². The number of carbonyl (C=O) groups excluding carboxylic acids is 1. The first-order valence-electron chi connectivity index (χ1n) is 10.5. The third kappa shape index (κ3) is 5.01. The Bertz CT molecular complexity index is 1640. The van der Waals surface area contributed by atoms with Gasteiger partial charge < -0.3 is 15.2 Å². The number of phenolic OH excluding ortho intramolecular Hbond substituents is 1. The van der Waals surface area contributed by atoms with Crippen molar-refractivity contribution in [2.75, 3.05) is 12.4 Å². The minimum Gasteiger partial charge on any atom is -0.505 e. The number of nitrogens with one attached hydrogen (secondary N) is 1. The monoisotopic (exact) mass is 525 g/mol. The topological polar surface area (TPSA) is 138 Å². The van der Waals surface area contributed by atoms with Gasteiger partial charge in [-0.1, -0.05) is 48.0 Å². The Morgan fingerprint density at radius 2 is 1.72 bits per heavy atom. The number of aryl methyl sites for hydroxylation is 1. The van der Waals surface area contributed by atoms with Gasteiger partial charge in [0.25, 0.3) is 16.0 Å². The average Bonchev–Trinajstić information content (AvgIpc) is 2.84. The maximum Gasteiger partial charge on any atom is 0.296 e. The number of benzene rings is 4. The maximum atomic E-state index is 13.1. The molecule has 0 radical (unpaired) electrons. The molecule has 4 rings (SSSR count). The van der Waals surface area contributed by atoms with Gasteiger partial charge in [0.05, 0.1) is 17.7 Å². The van der Waals surface area contributed by atoms with Crippen LogP contribution in [-0.4, -0.2) is 31.1 Å². The molecule has 0 aliphatic rings. The lowest BCUT2D eigenvalue weighted by Crippen LogP contribution is -2.12. The second-order valence-corrected chi connectivity index (χ2v) is 9.51. The number of rotatable bonds is 6. The zero-order valence-electron chi connectivity index (χ0n) is 19.1. The van der Waals surface area contributed by atoms with E-state index in [0.717, 1.165) is 6.07 Å². The lowest BCUT2D eigenvalue weighted by atomic mass is 10.0. The molecule has 184 valence electrons. The van der Waals surface area contributed by atoms with Crippen molar-refractivity contribution in [1.82, 2.24) is 0 Å². The number of nitrogens with zero attached hydrogens (tertiary/aromatic N) is 2. The van der Waals surface area contributed by atoms with Gasteiger partial charge in [-0.3, -0.25) is 9.35 Å². The summed E-state index contributed by atoms with van der Waals surface area (Å²) in [5.74, 6) is -0.479. The van der Waals surface area contributed by atoms with Crippen LogP contribution in [0.1, 0.15) is 15.9 Å². The van der Waals surface area contributed by atoms with Gasteiger partial charge in [0.2, 0.25) is 0 Å². The first-order valence-corrected chi connectivity index (χ1v) is 12.3. The fraction of sp³-hybridized carbons (Fsp3) is 0.0800. The molecule has 0 aliphatic carbocycles. The van der Waals surface area contributed by atoms with E-state index < -0.39 is 26.7 Å². The van der Waals surface area contributed by atoms with Crippen molar-refractivity contribution < 1.29 is 27.6 Å². The third-order valence-electron chi connectivity index (χ3n) is 5.38. The zero-order valence-corrected chi connectivity index (χ0v) is 20.6. The second-order valence-electron chi connectivity index (χ2n) is 7.75. The van der Waals surface area contributed by atoms with Crippen molar-refractivity contribution in [2.24, 2.45) is 10.2 Å². The van der Waals surface area contributed by atoms with E-state index in [2.05, 4.69) is 15.5 Å². The van der Waals surface area contributed by atoms with Crippen LogP contribution in [0.5, 0.6) is 11.5 Å². The van der Waals surface area contributed by atoms with Crippen LogP contribution >= 0.6 is 11.6 Å². The van der Waals surface area contributed by atoms with Gasteiger partial charge in [-0.2, -0.15) is 8.42 Å². The van der Waals surface area contributed by atoms with E-state index >= 15 is 0 Å². The van der Waals surface area contributed by atoms with Crippen LogP contribution in [0.2, 0.25) is 5.02 Å². The van der Waals surface area contributed by atoms with Gasteiger partial charge in [-0.05, 0) is 42.1 Å². The summed E-state index contributed by atoms with van der Waals surface area (Å²) >= 11 is 6.19. The predicted molar refractivity (Wildman–Crippen MR) is 137 cm³/mol. The molecular formula is C25H20ClN3O6S. The summed E-state index contributed by atoms with van der Waals surface area (Å²) in [5.41, 5.74) is 0.851. The zero-order chi connectivity index (χ0) is 26.0. The Kier molecular flexibility index (Phi) is 6.93.